The topological polar surface area (TPSA) is 80.0 Å². The van der Waals surface area contributed by atoms with Gasteiger partial charge in [0.05, 0.1) is 11.2 Å². The van der Waals surface area contributed by atoms with Gasteiger partial charge in [0.2, 0.25) is 0 Å². The lowest BCUT2D eigenvalue weighted by atomic mass is 10.1. The monoisotopic (exact) mass is 554 g/mol. The Morgan fingerprint density at radius 3 is 2.74 bits per heavy atom. The number of pyridine rings is 1. The predicted molar refractivity (Wildman–Crippen MR) is 146 cm³/mol. The van der Waals surface area contributed by atoms with Crippen molar-refractivity contribution < 1.29 is 0 Å². The molecule has 0 aliphatic carbocycles. The second-order valence-corrected chi connectivity index (χ2v) is 10.3. The maximum atomic E-state index is 12.8. The number of rotatable bonds is 7. The molecule has 35 heavy (non-hydrogen) atoms. The molecular weight excluding hydrogens is 528 g/mol. The molecule has 0 atom stereocenters. The van der Waals surface area contributed by atoms with Gasteiger partial charge >= 0.3 is 0 Å². The fourth-order valence-electron chi connectivity index (χ4n) is 4.50. The number of piperazine rings is 1. The number of anilines is 1. The van der Waals surface area contributed by atoms with Gasteiger partial charge in [-0.1, -0.05) is 23.7 Å². The van der Waals surface area contributed by atoms with Crippen molar-refractivity contribution in [2.75, 3.05) is 45.1 Å². The summed E-state index contributed by atoms with van der Waals surface area (Å²) in [4.78, 5) is 28.6. The lowest BCUT2D eigenvalue weighted by Crippen LogP contribution is -2.43. The molecule has 9 heteroatoms. The van der Waals surface area contributed by atoms with Crippen molar-refractivity contribution in [2.45, 2.75) is 13.0 Å². The summed E-state index contributed by atoms with van der Waals surface area (Å²) in [5.41, 5.74) is 5.13. The number of halogens is 2. The van der Waals surface area contributed by atoms with E-state index in [4.69, 9.17) is 16.6 Å². The lowest BCUT2D eigenvalue weighted by Gasteiger charge is -2.32. The fraction of sp³-hybridized carbons (Fsp3) is 0.308. The van der Waals surface area contributed by atoms with E-state index in [-0.39, 0.29) is 5.56 Å². The van der Waals surface area contributed by atoms with E-state index in [1.165, 1.54) is 5.56 Å². The third-order valence-corrected chi connectivity index (χ3v) is 7.26. The normalized spacial score (nSPS) is 15.1. The van der Waals surface area contributed by atoms with Crippen LogP contribution in [0.3, 0.4) is 0 Å². The minimum Gasteiger partial charge on any atom is -0.384 e. The number of aromatic amines is 2. The van der Waals surface area contributed by atoms with Gasteiger partial charge in [-0.3, -0.25) is 9.69 Å². The van der Waals surface area contributed by atoms with Crippen LogP contribution in [-0.4, -0.2) is 64.5 Å². The third kappa shape index (κ3) is 5.62. The Morgan fingerprint density at radius 1 is 1.11 bits per heavy atom. The molecule has 0 radical (unpaired) electrons. The smallest absolute Gasteiger partial charge is 0.261 e. The standard InChI is InChI=1S/C26H28BrClN6O/c1-33-9-11-34(12-10-33)16-18-14-20(27)24-22(15-18)31-25(32-24)23-21(6-8-30-26(23)35)29-7-5-17-3-2-4-19(28)13-17/h2-4,6,8,13-15H,5,7,9-12,16H2,1H3,(H,31,32)(H2,29,30,35). The zero-order chi connectivity index (χ0) is 24.4. The molecule has 2 aromatic carbocycles. The van der Waals surface area contributed by atoms with E-state index >= 15 is 0 Å². The summed E-state index contributed by atoms with van der Waals surface area (Å²) in [5.74, 6) is 0.546. The molecule has 4 aromatic rings. The summed E-state index contributed by atoms with van der Waals surface area (Å²) in [6.45, 7) is 5.84. The highest BCUT2D eigenvalue weighted by Crippen LogP contribution is 2.29. The number of nitrogens with one attached hydrogen (secondary N) is 3. The summed E-state index contributed by atoms with van der Waals surface area (Å²) in [7, 11) is 2.16. The minimum absolute atomic E-state index is 0.189. The number of H-pyrrole nitrogens is 2. The molecule has 0 amide bonds. The van der Waals surface area contributed by atoms with Gasteiger partial charge in [0.15, 0.2) is 0 Å². The number of imidazole rings is 1. The first-order valence-electron chi connectivity index (χ1n) is 11.8. The molecule has 1 aliphatic heterocycles. The van der Waals surface area contributed by atoms with Gasteiger partial charge in [0, 0.05) is 55.0 Å². The second kappa shape index (κ2) is 10.5. The fourth-order valence-corrected chi connectivity index (χ4v) is 5.31. The molecule has 0 spiro atoms. The van der Waals surface area contributed by atoms with Crippen LogP contribution in [0.1, 0.15) is 11.1 Å². The van der Waals surface area contributed by atoms with Crippen LogP contribution in [0, 0.1) is 0 Å². The maximum Gasteiger partial charge on any atom is 0.261 e. The Labute approximate surface area is 217 Å². The van der Waals surface area contributed by atoms with Crippen LogP contribution in [0.15, 0.2) is 57.9 Å². The maximum absolute atomic E-state index is 12.8. The first-order chi connectivity index (χ1) is 17.0. The first kappa shape index (κ1) is 24.1. The Balaban J connectivity index is 1.38. The quantitative estimate of drug-likeness (QED) is 0.307. The SMILES string of the molecule is CN1CCN(Cc2cc(Br)c3nc(-c4c(NCCc5cccc(Cl)c5)cc[nH]c4=O)[nH]c3c2)CC1. The third-order valence-electron chi connectivity index (χ3n) is 6.42. The Bertz CT molecular complexity index is 1390. The van der Waals surface area contributed by atoms with E-state index in [0.29, 0.717) is 17.9 Å². The molecule has 5 rings (SSSR count). The zero-order valence-electron chi connectivity index (χ0n) is 19.6. The highest BCUT2D eigenvalue weighted by molar-refractivity contribution is 9.10. The van der Waals surface area contributed by atoms with Crippen LogP contribution in [0.5, 0.6) is 0 Å². The van der Waals surface area contributed by atoms with Crippen molar-refractivity contribution in [3.63, 3.8) is 0 Å². The summed E-state index contributed by atoms with van der Waals surface area (Å²) < 4.78 is 0.921. The molecule has 182 valence electrons. The van der Waals surface area contributed by atoms with Crippen molar-refractivity contribution >= 4 is 44.3 Å². The van der Waals surface area contributed by atoms with Crippen LogP contribution < -0.4 is 10.9 Å². The molecule has 0 unspecified atom stereocenters. The van der Waals surface area contributed by atoms with Crippen molar-refractivity contribution in [1.82, 2.24) is 24.8 Å². The second-order valence-electron chi connectivity index (χ2n) is 9.04. The molecule has 2 aromatic heterocycles. The Morgan fingerprint density at radius 2 is 1.94 bits per heavy atom. The molecule has 1 fully saturated rings. The summed E-state index contributed by atoms with van der Waals surface area (Å²) in [6, 6.07) is 13.9. The number of hydrogen-bond donors (Lipinski definition) is 3. The number of aromatic nitrogens is 3. The molecule has 0 saturated carbocycles. The van der Waals surface area contributed by atoms with Gasteiger partial charge in [0.1, 0.15) is 16.9 Å². The zero-order valence-corrected chi connectivity index (χ0v) is 21.9. The Kier molecular flexibility index (Phi) is 7.24. The summed E-state index contributed by atoms with van der Waals surface area (Å²) in [5, 5.41) is 4.12. The predicted octanol–water partition coefficient (Wildman–Crippen LogP) is 4.74. The number of nitrogens with zero attached hydrogens (tertiary/aromatic N) is 3. The minimum atomic E-state index is -0.189. The van der Waals surface area contributed by atoms with Crippen LogP contribution in [0.2, 0.25) is 5.02 Å². The summed E-state index contributed by atoms with van der Waals surface area (Å²) in [6.07, 6.45) is 2.44. The van der Waals surface area contributed by atoms with E-state index in [9.17, 15) is 4.79 Å². The van der Waals surface area contributed by atoms with E-state index < -0.39 is 0 Å². The Hall–Kier alpha value is -2.65. The number of hydrogen-bond acceptors (Lipinski definition) is 5. The van der Waals surface area contributed by atoms with Gasteiger partial charge in [-0.2, -0.15) is 0 Å². The van der Waals surface area contributed by atoms with Crippen molar-refractivity contribution in [3.05, 3.63) is 79.6 Å². The van der Waals surface area contributed by atoms with Crippen molar-refractivity contribution in [1.29, 1.82) is 0 Å². The van der Waals surface area contributed by atoms with Gasteiger partial charge in [0.25, 0.3) is 5.56 Å². The van der Waals surface area contributed by atoms with Crippen LogP contribution in [0.4, 0.5) is 5.69 Å². The summed E-state index contributed by atoms with van der Waals surface area (Å²) >= 11 is 9.80. The van der Waals surface area contributed by atoms with Crippen molar-refractivity contribution in [2.24, 2.45) is 0 Å². The van der Waals surface area contributed by atoms with Crippen LogP contribution in [-0.2, 0) is 13.0 Å². The highest BCUT2D eigenvalue weighted by Gasteiger charge is 2.18. The van der Waals surface area contributed by atoms with Crippen LogP contribution >= 0.6 is 27.5 Å². The van der Waals surface area contributed by atoms with E-state index in [2.05, 4.69) is 60.2 Å². The van der Waals surface area contributed by atoms with Gasteiger partial charge in [-0.05, 0) is 70.9 Å². The molecule has 7 nitrogen and oxygen atoms in total. The molecule has 0 bridgehead atoms. The van der Waals surface area contributed by atoms with Crippen molar-refractivity contribution in [3.8, 4) is 11.4 Å². The average Bonchev–Trinajstić information content (AvgIpc) is 3.25. The van der Waals surface area contributed by atoms with Gasteiger partial charge in [-0.25, -0.2) is 4.98 Å². The number of likely N-dealkylation sites (N-methyl/N-ethyl adjacent to an activating group) is 1. The number of fused-ring (bicyclic) bond motifs is 1. The average molecular weight is 556 g/mol. The number of benzene rings is 2. The molecule has 3 heterocycles. The lowest BCUT2D eigenvalue weighted by molar-refractivity contribution is 0.148. The first-order valence-corrected chi connectivity index (χ1v) is 12.9. The molecule has 3 N–H and O–H groups in total. The molecule has 1 saturated heterocycles. The largest absolute Gasteiger partial charge is 0.384 e. The molecular formula is C26H28BrClN6O. The van der Waals surface area contributed by atoms with Gasteiger partial charge in [-0.15, -0.1) is 0 Å². The highest BCUT2D eigenvalue weighted by atomic mass is 79.9. The van der Waals surface area contributed by atoms with Gasteiger partial charge < -0.3 is 20.2 Å². The van der Waals surface area contributed by atoms with E-state index in [0.717, 1.165) is 70.9 Å². The van der Waals surface area contributed by atoms with E-state index in [1.54, 1.807) is 6.20 Å². The molecule has 1 aliphatic rings. The van der Waals surface area contributed by atoms with Crippen LogP contribution in [0.25, 0.3) is 22.4 Å². The van der Waals surface area contributed by atoms with E-state index in [1.807, 2.05) is 30.3 Å².